The number of amides is 1. The summed E-state index contributed by atoms with van der Waals surface area (Å²) in [6.45, 7) is 3.71. The van der Waals surface area contributed by atoms with Gasteiger partial charge in [-0.2, -0.15) is 0 Å². The molecule has 0 spiro atoms. The van der Waals surface area contributed by atoms with Crippen molar-refractivity contribution in [1.29, 1.82) is 0 Å². The average molecular weight is 323 g/mol. The predicted molar refractivity (Wildman–Crippen MR) is 86.6 cm³/mol. The second-order valence-electron chi connectivity index (χ2n) is 4.53. The number of nitrogens with one attached hydrogen (secondary N) is 1. The van der Waals surface area contributed by atoms with E-state index in [4.69, 9.17) is 17.3 Å². The number of benzene rings is 1. The van der Waals surface area contributed by atoms with Crippen molar-refractivity contribution in [2.75, 3.05) is 11.1 Å². The molecule has 0 saturated heterocycles. The fraction of sp³-hybridized carbons (Fsp3) is 0.214. The number of aromatic nitrogens is 2. The van der Waals surface area contributed by atoms with Crippen LogP contribution in [0, 0.1) is 6.92 Å². The van der Waals surface area contributed by atoms with Crippen LogP contribution in [0.25, 0.3) is 0 Å². The number of carbonyl (C=O) groups excluding carboxylic acids is 1. The number of carbonyl (C=O) groups is 1. The van der Waals surface area contributed by atoms with Crippen molar-refractivity contribution >= 4 is 40.6 Å². The summed E-state index contributed by atoms with van der Waals surface area (Å²) in [4.78, 5) is 20.5. The Balaban J connectivity index is 1.98. The summed E-state index contributed by atoms with van der Waals surface area (Å²) in [5.41, 5.74) is 7.72. The summed E-state index contributed by atoms with van der Waals surface area (Å²) in [5.74, 6) is -0.147. The van der Waals surface area contributed by atoms with Crippen molar-refractivity contribution < 1.29 is 4.79 Å². The molecule has 110 valence electrons. The van der Waals surface area contributed by atoms with Crippen molar-refractivity contribution in [2.45, 2.75) is 24.3 Å². The van der Waals surface area contributed by atoms with Crippen LogP contribution in [-0.2, 0) is 4.79 Å². The molecule has 2 rings (SSSR count). The number of aryl methyl sites for hydroxylation is 1. The first-order chi connectivity index (χ1) is 9.95. The van der Waals surface area contributed by atoms with Crippen LogP contribution in [0.15, 0.2) is 35.7 Å². The number of nitrogen functional groups attached to an aromatic ring is 1. The summed E-state index contributed by atoms with van der Waals surface area (Å²) in [6.07, 6.45) is 3.44. The molecule has 0 bridgehead atoms. The molecule has 7 heteroatoms. The number of hydrogen-bond acceptors (Lipinski definition) is 5. The quantitative estimate of drug-likeness (QED) is 0.513. The highest BCUT2D eigenvalue weighted by atomic mass is 35.5. The normalized spacial score (nSPS) is 12.0. The molecule has 0 aliphatic rings. The van der Waals surface area contributed by atoms with Gasteiger partial charge in [-0.05, 0) is 37.6 Å². The van der Waals surface area contributed by atoms with Crippen LogP contribution in [0.5, 0.6) is 0 Å². The summed E-state index contributed by atoms with van der Waals surface area (Å²) in [6, 6.07) is 4.98. The van der Waals surface area contributed by atoms with Gasteiger partial charge < -0.3 is 11.1 Å². The minimum absolute atomic E-state index is 0.147. The van der Waals surface area contributed by atoms with Crippen LogP contribution in [0.3, 0.4) is 0 Å². The largest absolute Gasteiger partial charge is 0.397 e. The Morgan fingerprint density at radius 3 is 2.67 bits per heavy atom. The number of rotatable bonds is 4. The topological polar surface area (TPSA) is 80.9 Å². The molecule has 1 atom stereocenters. The standard InChI is InChI=1S/C14H15ClN4OS/c1-8-6-17-14(18-7-8)21-9(2)13(20)19-10-3-4-11(15)12(16)5-10/h3-7,9H,16H2,1-2H3,(H,19,20). The van der Waals surface area contributed by atoms with Gasteiger partial charge >= 0.3 is 0 Å². The lowest BCUT2D eigenvalue weighted by molar-refractivity contribution is -0.115. The van der Waals surface area contributed by atoms with Crippen LogP contribution in [0.2, 0.25) is 5.02 Å². The first-order valence-corrected chi connectivity index (χ1v) is 7.52. The third-order valence-electron chi connectivity index (χ3n) is 2.67. The van der Waals surface area contributed by atoms with E-state index in [1.165, 1.54) is 11.8 Å². The Kier molecular flexibility index (Phi) is 5.03. The van der Waals surface area contributed by atoms with Gasteiger partial charge in [0, 0.05) is 18.1 Å². The van der Waals surface area contributed by atoms with E-state index in [1.54, 1.807) is 37.5 Å². The second-order valence-corrected chi connectivity index (χ2v) is 6.24. The van der Waals surface area contributed by atoms with Gasteiger partial charge in [-0.15, -0.1) is 0 Å². The van der Waals surface area contributed by atoms with Crippen LogP contribution in [0.4, 0.5) is 11.4 Å². The number of hydrogen-bond donors (Lipinski definition) is 2. The molecule has 0 radical (unpaired) electrons. The fourth-order valence-electron chi connectivity index (χ4n) is 1.52. The summed E-state index contributed by atoms with van der Waals surface area (Å²) >= 11 is 7.14. The van der Waals surface area contributed by atoms with Crippen LogP contribution >= 0.6 is 23.4 Å². The molecular formula is C14H15ClN4OS. The number of halogens is 1. The van der Waals surface area contributed by atoms with Crippen LogP contribution in [-0.4, -0.2) is 21.1 Å². The molecule has 1 amide bonds. The molecule has 1 unspecified atom stereocenters. The second kappa shape index (κ2) is 6.78. The van der Waals surface area contributed by atoms with E-state index in [0.717, 1.165) is 5.56 Å². The number of nitrogens with two attached hydrogens (primary N) is 1. The van der Waals surface area contributed by atoms with Gasteiger partial charge in [0.2, 0.25) is 5.91 Å². The maximum atomic E-state index is 12.1. The zero-order valence-electron chi connectivity index (χ0n) is 11.6. The zero-order valence-corrected chi connectivity index (χ0v) is 13.2. The van der Waals surface area contributed by atoms with Gasteiger partial charge in [0.25, 0.3) is 0 Å². The Morgan fingerprint density at radius 1 is 1.38 bits per heavy atom. The van der Waals surface area contributed by atoms with E-state index in [9.17, 15) is 4.79 Å². The molecule has 0 aliphatic heterocycles. The molecule has 2 aromatic rings. The predicted octanol–water partition coefficient (Wildman–Crippen LogP) is 3.14. The lowest BCUT2D eigenvalue weighted by atomic mass is 10.2. The Hall–Kier alpha value is -1.79. The van der Waals surface area contributed by atoms with E-state index in [2.05, 4.69) is 15.3 Å². The molecule has 3 N–H and O–H groups in total. The van der Waals surface area contributed by atoms with E-state index in [-0.39, 0.29) is 11.2 Å². The molecule has 21 heavy (non-hydrogen) atoms. The van der Waals surface area contributed by atoms with Gasteiger partial charge in [-0.1, -0.05) is 23.4 Å². The highest BCUT2D eigenvalue weighted by molar-refractivity contribution is 8.00. The number of anilines is 2. The van der Waals surface area contributed by atoms with Gasteiger partial charge in [-0.25, -0.2) is 9.97 Å². The zero-order chi connectivity index (χ0) is 15.4. The smallest absolute Gasteiger partial charge is 0.237 e. The first kappa shape index (κ1) is 15.6. The van der Waals surface area contributed by atoms with Crippen molar-refractivity contribution in [1.82, 2.24) is 9.97 Å². The van der Waals surface area contributed by atoms with Gasteiger partial charge in [0.05, 0.1) is 16.0 Å². The van der Waals surface area contributed by atoms with E-state index < -0.39 is 0 Å². The molecule has 0 fully saturated rings. The third kappa shape index (κ3) is 4.34. The van der Waals surface area contributed by atoms with E-state index in [1.807, 2.05) is 6.92 Å². The molecule has 1 aromatic heterocycles. The minimum atomic E-state index is -0.329. The maximum absolute atomic E-state index is 12.1. The molecular weight excluding hydrogens is 308 g/mol. The monoisotopic (exact) mass is 322 g/mol. The lowest BCUT2D eigenvalue weighted by Crippen LogP contribution is -2.22. The Morgan fingerprint density at radius 2 is 2.05 bits per heavy atom. The Bertz CT molecular complexity index is 648. The summed E-state index contributed by atoms with van der Waals surface area (Å²) < 4.78 is 0. The van der Waals surface area contributed by atoms with Gasteiger partial charge in [-0.3, -0.25) is 4.79 Å². The van der Waals surface area contributed by atoms with Crippen molar-refractivity contribution in [3.05, 3.63) is 41.2 Å². The van der Waals surface area contributed by atoms with Crippen molar-refractivity contribution in [3.63, 3.8) is 0 Å². The summed E-state index contributed by atoms with van der Waals surface area (Å²) in [5, 5.41) is 3.49. The van der Waals surface area contributed by atoms with Gasteiger partial charge in [0.15, 0.2) is 5.16 Å². The van der Waals surface area contributed by atoms with Crippen molar-refractivity contribution in [2.24, 2.45) is 0 Å². The first-order valence-electron chi connectivity index (χ1n) is 6.27. The average Bonchev–Trinajstić information content (AvgIpc) is 2.45. The highest BCUT2D eigenvalue weighted by Gasteiger charge is 2.16. The molecule has 0 aliphatic carbocycles. The van der Waals surface area contributed by atoms with E-state index >= 15 is 0 Å². The number of nitrogens with zero attached hydrogens (tertiary/aromatic N) is 2. The molecule has 1 aromatic carbocycles. The summed E-state index contributed by atoms with van der Waals surface area (Å²) in [7, 11) is 0. The third-order valence-corrected chi connectivity index (χ3v) is 4.01. The molecule has 0 saturated carbocycles. The van der Waals surface area contributed by atoms with E-state index in [0.29, 0.717) is 21.6 Å². The SMILES string of the molecule is Cc1cnc(SC(C)C(=O)Nc2ccc(Cl)c(N)c2)nc1. The molecule has 5 nitrogen and oxygen atoms in total. The lowest BCUT2D eigenvalue weighted by Gasteiger charge is -2.11. The minimum Gasteiger partial charge on any atom is -0.397 e. The fourth-order valence-corrected chi connectivity index (χ4v) is 2.35. The molecule has 1 heterocycles. The van der Waals surface area contributed by atoms with Gasteiger partial charge in [0.1, 0.15) is 0 Å². The highest BCUT2D eigenvalue weighted by Crippen LogP contribution is 2.24. The maximum Gasteiger partial charge on any atom is 0.237 e. The van der Waals surface area contributed by atoms with Crippen LogP contribution < -0.4 is 11.1 Å². The van der Waals surface area contributed by atoms with Crippen molar-refractivity contribution in [3.8, 4) is 0 Å². The van der Waals surface area contributed by atoms with Crippen LogP contribution in [0.1, 0.15) is 12.5 Å². The Labute approximate surface area is 132 Å². The number of thioether (sulfide) groups is 1.